The number of fused-ring (bicyclic) bond motifs is 1. The molecule has 2 aliphatic heterocycles. The predicted molar refractivity (Wildman–Crippen MR) is 85.6 cm³/mol. The molecule has 24 heavy (non-hydrogen) atoms. The average molecular weight is 329 g/mol. The van der Waals surface area contributed by atoms with Crippen molar-refractivity contribution < 1.29 is 13.9 Å². The number of alkyl halides is 1. The van der Waals surface area contributed by atoms with E-state index >= 15 is 0 Å². The highest BCUT2D eigenvalue weighted by Gasteiger charge is 2.36. The molecule has 0 radical (unpaired) electrons. The minimum absolute atomic E-state index is 0.0946. The molecule has 4 rings (SSSR count). The molecule has 2 atom stereocenters. The summed E-state index contributed by atoms with van der Waals surface area (Å²) in [5, 5.41) is 4.35. The van der Waals surface area contributed by atoms with Gasteiger partial charge in [-0.3, -0.25) is 4.79 Å². The summed E-state index contributed by atoms with van der Waals surface area (Å²) in [4.78, 5) is 16.7. The molecule has 1 saturated heterocycles. The summed E-state index contributed by atoms with van der Waals surface area (Å²) < 4.78 is 21.2. The van der Waals surface area contributed by atoms with Crippen LogP contribution in [0.25, 0.3) is 0 Å². The van der Waals surface area contributed by atoms with Crippen LogP contribution in [0.3, 0.4) is 0 Å². The Balaban J connectivity index is 1.55. The predicted octanol–water partition coefficient (Wildman–Crippen LogP) is 3.28. The molecule has 0 spiro atoms. The maximum atomic E-state index is 14.3. The van der Waals surface area contributed by atoms with E-state index in [-0.39, 0.29) is 23.5 Å². The Hall–Kier alpha value is -2.08. The van der Waals surface area contributed by atoms with Crippen LogP contribution in [-0.4, -0.2) is 33.8 Å². The third-order valence-corrected chi connectivity index (χ3v) is 4.91. The Labute approximate surface area is 139 Å². The number of halogens is 1. The number of hydrogen-bond acceptors (Lipinski definition) is 4. The molecule has 2 aromatic rings. The van der Waals surface area contributed by atoms with Gasteiger partial charge in [0.15, 0.2) is 12.0 Å². The van der Waals surface area contributed by atoms with Crippen LogP contribution in [0.1, 0.15) is 59.9 Å². The first-order valence-corrected chi connectivity index (χ1v) is 8.49. The smallest absolute Gasteiger partial charge is 0.217 e. The van der Waals surface area contributed by atoms with Crippen LogP contribution >= 0.6 is 0 Å². The molecule has 0 N–H and O–H groups in total. The fraction of sp³-hybridized carbons (Fsp3) is 0.500. The number of carbonyl (C=O) groups excluding carboxylic acids is 1. The van der Waals surface area contributed by atoms with Gasteiger partial charge in [-0.2, -0.15) is 0 Å². The van der Waals surface area contributed by atoms with Gasteiger partial charge in [-0.25, -0.2) is 14.1 Å². The minimum Gasteiger partial charge on any atom is -0.381 e. The molecule has 1 fully saturated rings. The van der Waals surface area contributed by atoms with Crippen LogP contribution in [-0.2, 0) is 4.74 Å². The molecular weight excluding hydrogens is 309 g/mol. The lowest BCUT2D eigenvalue weighted by Crippen LogP contribution is -2.19. The van der Waals surface area contributed by atoms with Gasteiger partial charge in [-0.15, -0.1) is 5.10 Å². The van der Waals surface area contributed by atoms with E-state index in [4.69, 9.17) is 4.74 Å². The summed E-state index contributed by atoms with van der Waals surface area (Å²) in [7, 11) is 0. The zero-order valence-corrected chi connectivity index (χ0v) is 13.4. The van der Waals surface area contributed by atoms with Crippen molar-refractivity contribution >= 4 is 5.78 Å². The highest BCUT2D eigenvalue weighted by molar-refractivity contribution is 5.92. The van der Waals surface area contributed by atoms with Gasteiger partial charge in [0.05, 0.1) is 6.04 Å². The van der Waals surface area contributed by atoms with E-state index in [2.05, 4.69) is 10.1 Å². The van der Waals surface area contributed by atoms with E-state index in [1.54, 1.807) is 4.68 Å². The van der Waals surface area contributed by atoms with Crippen molar-refractivity contribution in [1.82, 2.24) is 14.8 Å². The molecule has 0 aliphatic carbocycles. The van der Waals surface area contributed by atoms with Crippen molar-refractivity contribution in [3.05, 3.63) is 47.5 Å². The van der Waals surface area contributed by atoms with Crippen molar-refractivity contribution in [3.63, 3.8) is 0 Å². The highest BCUT2D eigenvalue weighted by atomic mass is 19.1. The quantitative estimate of drug-likeness (QED) is 0.808. The lowest BCUT2D eigenvalue weighted by Gasteiger charge is -2.20. The van der Waals surface area contributed by atoms with Crippen LogP contribution in [0.4, 0.5) is 4.39 Å². The molecule has 0 bridgehead atoms. The third kappa shape index (κ3) is 2.86. The Morgan fingerprint density at radius 3 is 2.75 bits per heavy atom. The number of aromatic nitrogens is 3. The summed E-state index contributed by atoms with van der Waals surface area (Å²) in [5.41, 5.74) is 0.993. The number of ketones is 1. The van der Waals surface area contributed by atoms with Crippen LogP contribution < -0.4 is 0 Å². The van der Waals surface area contributed by atoms with Gasteiger partial charge in [0.2, 0.25) is 11.6 Å². The van der Waals surface area contributed by atoms with Gasteiger partial charge in [-0.05, 0) is 24.3 Å². The standard InChI is InChI=1S/C18H20FN3O2/c19-14-11-15(13-4-2-1-3-5-13)22-18(14)20-17(21-22)16(23)10-12-6-8-24-9-7-12/h1-5,12,14-15H,6-11H2/t14-,15-/m0/s1. The van der Waals surface area contributed by atoms with Gasteiger partial charge in [0.1, 0.15) is 0 Å². The molecule has 126 valence electrons. The monoisotopic (exact) mass is 329 g/mol. The number of hydrogen-bond donors (Lipinski definition) is 0. The van der Waals surface area contributed by atoms with Crippen molar-refractivity contribution in [1.29, 1.82) is 0 Å². The number of carbonyl (C=O) groups is 1. The first-order valence-electron chi connectivity index (χ1n) is 8.49. The van der Waals surface area contributed by atoms with Gasteiger partial charge in [0.25, 0.3) is 0 Å². The van der Waals surface area contributed by atoms with Crippen LogP contribution in [0.2, 0.25) is 0 Å². The first-order chi connectivity index (χ1) is 11.7. The average Bonchev–Trinajstić information content (AvgIpc) is 3.18. The van der Waals surface area contributed by atoms with Crippen molar-refractivity contribution in [2.75, 3.05) is 13.2 Å². The van der Waals surface area contributed by atoms with E-state index < -0.39 is 6.17 Å². The van der Waals surface area contributed by atoms with Crippen molar-refractivity contribution in [3.8, 4) is 0 Å². The lowest BCUT2D eigenvalue weighted by molar-refractivity contribution is 0.0598. The molecule has 0 amide bonds. The number of rotatable bonds is 4. The molecule has 1 aromatic heterocycles. The Morgan fingerprint density at radius 2 is 2.00 bits per heavy atom. The second kappa shape index (κ2) is 6.43. The van der Waals surface area contributed by atoms with Gasteiger partial charge < -0.3 is 4.74 Å². The Bertz CT molecular complexity index is 725. The molecule has 3 heterocycles. The second-order valence-corrected chi connectivity index (χ2v) is 6.55. The number of Topliss-reactive ketones (excluding diaryl/α,β-unsaturated/α-hetero) is 1. The minimum atomic E-state index is -1.17. The van der Waals surface area contributed by atoms with Crippen LogP contribution in [0.15, 0.2) is 30.3 Å². The van der Waals surface area contributed by atoms with Gasteiger partial charge in [-0.1, -0.05) is 30.3 Å². The summed E-state index contributed by atoms with van der Waals surface area (Å²) in [6.45, 7) is 1.40. The zero-order chi connectivity index (χ0) is 16.5. The van der Waals surface area contributed by atoms with E-state index in [9.17, 15) is 9.18 Å². The van der Waals surface area contributed by atoms with Gasteiger partial charge in [0, 0.05) is 26.1 Å². The van der Waals surface area contributed by atoms with Crippen molar-refractivity contribution in [2.45, 2.75) is 37.9 Å². The lowest BCUT2D eigenvalue weighted by atomic mass is 9.94. The number of ether oxygens (including phenoxy) is 1. The molecule has 2 aliphatic rings. The topological polar surface area (TPSA) is 57.0 Å². The first kappa shape index (κ1) is 15.4. The number of nitrogens with zero attached hydrogens (tertiary/aromatic N) is 3. The van der Waals surface area contributed by atoms with E-state index in [1.807, 2.05) is 30.3 Å². The maximum absolute atomic E-state index is 14.3. The fourth-order valence-electron chi connectivity index (χ4n) is 3.55. The highest BCUT2D eigenvalue weighted by Crippen LogP contribution is 2.39. The van der Waals surface area contributed by atoms with Crippen LogP contribution in [0, 0.1) is 5.92 Å². The van der Waals surface area contributed by atoms with Crippen molar-refractivity contribution in [2.24, 2.45) is 5.92 Å². The zero-order valence-electron chi connectivity index (χ0n) is 13.4. The van der Waals surface area contributed by atoms with E-state index in [0.717, 1.165) is 18.4 Å². The Kier molecular flexibility index (Phi) is 4.14. The largest absolute Gasteiger partial charge is 0.381 e. The van der Waals surface area contributed by atoms with Gasteiger partial charge >= 0.3 is 0 Å². The second-order valence-electron chi connectivity index (χ2n) is 6.55. The molecule has 6 heteroatoms. The molecule has 0 saturated carbocycles. The third-order valence-electron chi connectivity index (χ3n) is 4.91. The molecule has 5 nitrogen and oxygen atoms in total. The van der Waals surface area contributed by atoms with E-state index in [0.29, 0.717) is 32.0 Å². The summed E-state index contributed by atoms with van der Waals surface area (Å²) in [5.74, 6) is 0.650. The Morgan fingerprint density at radius 1 is 1.25 bits per heavy atom. The summed E-state index contributed by atoms with van der Waals surface area (Å²) >= 11 is 0. The molecule has 1 aromatic carbocycles. The number of benzene rings is 1. The summed E-state index contributed by atoms with van der Waals surface area (Å²) in [6.07, 6.45) is 1.34. The molecule has 0 unspecified atom stereocenters. The SMILES string of the molecule is O=C(CC1CCOCC1)c1nc2n(n1)[C@H](c1ccccc1)C[C@@H]2F. The fourth-order valence-corrected chi connectivity index (χ4v) is 3.55. The maximum Gasteiger partial charge on any atom is 0.217 e. The van der Waals surface area contributed by atoms with Crippen LogP contribution in [0.5, 0.6) is 0 Å². The molecular formula is C18H20FN3O2. The normalized spacial score (nSPS) is 24.0. The van der Waals surface area contributed by atoms with E-state index in [1.165, 1.54) is 0 Å². The summed E-state index contributed by atoms with van der Waals surface area (Å²) in [6, 6.07) is 9.50.